The lowest BCUT2D eigenvalue weighted by Crippen LogP contribution is -2.28. The number of thioether (sulfide) groups is 1. The Morgan fingerprint density at radius 1 is 1.24 bits per heavy atom. The van der Waals surface area contributed by atoms with Gasteiger partial charge in [-0.05, 0) is 31.2 Å². The van der Waals surface area contributed by atoms with E-state index in [0.717, 1.165) is 11.0 Å². The third-order valence-corrected chi connectivity index (χ3v) is 6.40. The van der Waals surface area contributed by atoms with Crippen LogP contribution in [0.1, 0.15) is 30.7 Å². The number of benzene rings is 2. The number of aromatic nitrogens is 3. The molecule has 0 fully saturated rings. The van der Waals surface area contributed by atoms with Crippen LogP contribution < -0.4 is 14.8 Å². The van der Waals surface area contributed by atoms with Crippen molar-refractivity contribution in [2.24, 2.45) is 0 Å². The quantitative estimate of drug-likeness (QED) is 0.291. The SMILES string of the molecule is C=CCn1c(SCC(=O)N[C@@H](C)c2cc3ccccc3o2)nnc1[C@@H]1COc2ccccc2O1. The van der Waals surface area contributed by atoms with Gasteiger partial charge in [0.2, 0.25) is 5.91 Å². The summed E-state index contributed by atoms with van der Waals surface area (Å²) in [6.07, 6.45) is 1.36. The highest BCUT2D eigenvalue weighted by Crippen LogP contribution is 2.36. The van der Waals surface area contributed by atoms with Crippen molar-refractivity contribution in [3.8, 4) is 11.5 Å². The second-order valence-corrected chi connectivity index (χ2v) is 8.81. The van der Waals surface area contributed by atoms with Crippen LogP contribution in [0.3, 0.4) is 0 Å². The Hall–Kier alpha value is -3.72. The summed E-state index contributed by atoms with van der Waals surface area (Å²) in [4.78, 5) is 12.6. The predicted octanol–water partition coefficient (Wildman–Crippen LogP) is 4.69. The van der Waals surface area contributed by atoms with Crippen molar-refractivity contribution in [2.75, 3.05) is 12.4 Å². The molecule has 1 aliphatic heterocycles. The monoisotopic (exact) mass is 476 g/mol. The Kier molecular flexibility index (Phi) is 6.27. The minimum absolute atomic E-state index is 0.126. The lowest BCUT2D eigenvalue weighted by molar-refractivity contribution is -0.119. The third-order valence-electron chi connectivity index (χ3n) is 5.43. The van der Waals surface area contributed by atoms with Crippen LogP contribution in [0, 0.1) is 0 Å². The molecular weight excluding hydrogens is 452 g/mol. The van der Waals surface area contributed by atoms with Gasteiger partial charge in [0.05, 0.1) is 11.8 Å². The summed E-state index contributed by atoms with van der Waals surface area (Å²) in [5.74, 6) is 2.78. The highest BCUT2D eigenvalue weighted by Gasteiger charge is 2.28. The number of amides is 1. The Bertz CT molecular complexity index is 1300. The molecule has 0 bridgehead atoms. The second-order valence-electron chi connectivity index (χ2n) is 7.87. The molecule has 0 aliphatic carbocycles. The van der Waals surface area contributed by atoms with Crippen molar-refractivity contribution in [1.29, 1.82) is 0 Å². The number of allylic oxidation sites excluding steroid dienone is 1. The van der Waals surface area contributed by atoms with Crippen LogP contribution in [0.5, 0.6) is 11.5 Å². The van der Waals surface area contributed by atoms with Crippen LogP contribution in [0.2, 0.25) is 0 Å². The minimum Gasteiger partial charge on any atom is -0.485 e. The molecule has 174 valence electrons. The molecule has 0 radical (unpaired) electrons. The highest BCUT2D eigenvalue weighted by molar-refractivity contribution is 7.99. The molecule has 0 spiro atoms. The fourth-order valence-corrected chi connectivity index (χ4v) is 4.56. The molecule has 2 atom stereocenters. The first-order valence-electron chi connectivity index (χ1n) is 11.0. The summed E-state index contributed by atoms with van der Waals surface area (Å²) in [6.45, 7) is 6.55. The molecule has 1 aliphatic rings. The van der Waals surface area contributed by atoms with Gasteiger partial charge in [-0.3, -0.25) is 9.36 Å². The maximum Gasteiger partial charge on any atom is 0.231 e. The fraction of sp³-hybridized carbons (Fsp3) is 0.240. The highest BCUT2D eigenvalue weighted by atomic mass is 32.2. The summed E-state index contributed by atoms with van der Waals surface area (Å²) in [5.41, 5.74) is 0.801. The zero-order valence-corrected chi connectivity index (χ0v) is 19.5. The largest absolute Gasteiger partial charge is 0.485 e. The molecular formula is C25H24N4O4S. The van der Waals surface area contributed by atoms with Crippen molar-refractivity contribution < 1.29 is 18.7 Å². The molecule has 4 aromatic rings. The Balaban J connectivity index is 1.24. The molecule has 8 nitrogen and oxygen atoms in total. The molecule has 2 aromatic heterocycles. The zero-order chi connectivity index (χ0) is 23.5. The number of rotatable bonds is 8. The standard InChI is InChI=1S/C25H24N4O4S/c1-3-12-29-24(22-14-31-19-10-6-7-11-20(19)33-22)27-28-25(29)34-15-23(30)26-16(2)21-13-17-8-4-5-9-18(17)32-21/h3-11,13,16,22H,1,12,14-15H2,2H3,(H,26,30)/t16-,22-/m0/s1. The predicted molar refractivity (Wildman–Crippen MR) is 129 cm³/mol. The van der Waals surface area contributed by atoms with E-state index in [-0.39, 0.29) is 17.7 Å². The summed E-state index contributed by atoms with van der Waals surface area (Å²) in [5, 5.41) is 13.2. The number of hydrogen-bond donors (Lipinski definition) is 1. The van der Waals surface area contributed by atoms with Crippen LogP contribution in [0.15, 0.2) is 76.8 Å². The van der Waals surface area contributed by atoms with Gasteiger partial charge in [-0.15, -0.1) is 16.8 Å². The van der Waals surface area contributed by atoms with Crippen molar-refractivity contribution in [1.82, 2.24) is 20.1 Å². The molecule has 34 heavy (non-hydrogen) atoms. The van der Waals surface area contributed by atoms with E-state index in [1.807, 2.05) is 66.1 Å². The van der Waals surface area contributed by atoms with Gasteiger partial charge in [0.1, 0.15) is 18.0 Å². The summed E-state index contributed by atoms with van der Waals surface area (Å²) < 4.78 is 19.7. The number of furan rings is 1. The Morgan fingerprint density at radius 2 is 2.03 bits per heavy atom. The van der Waals surface area contributed by atoms with Crippen LogP contribution in [0.4, 0.5) is 0 Å². The molecule has 1 N–H and O–H groups in total. The Morgan fingerprint density at radius 3 is 2.85 bits per heavy atom. The number of hydrogen-bond acceptors (Lipinski definition) is 7. The van der Waals surface area contributed by atoms with E-state index in [1.54, 1.807) is 6.08 Å². The summed E-state index contributed by atoms with van der Waals surface area (Å²) in [6, 6.07) is 17.0. The van der Waals surface area contributed by atoms with Gasteiger partial charge < -0.3 is 19.2 Å². The average molecular weight is 477 g/mol. The van der Waals surface area contributed by atoms with Crippen LogP contribution in [-0.4, -0.2) is 33.0 Å². The number of nitrogens with zero attached hydrogens (tertiary/aromatic N) is 3. The van der Waals surface area contributed by atoms with E-state index in [0.29, 0.717) is 41.4 Å². The molecule has 2 aromatic carbocycles. The molecule has 0 saturated carbocycles. The minimum atomic E-state index is -0.404. The topological polar surface area (TPSA) is 91.4 Å². The van der Waals surface area contributed by atoms with Crippen molar-refractivity contribution >= 4 is 28.6 Å². The normalized spacial score (nSPS) is 15.7. The smallest absolute Gasteiger partial charge is 0.231 e. The first kappa shape index (κ1) is 22.1. The van der Waals surface area contributed by atoms with E-state index < -0.39 is 6.10 Å². The third kappa shape index (κ3) is 4.51. The molecule has 3 heterocycles. The van der Waals surface area contributed by atoms with E-state index in [4.69, 9.17) is 13.9 Å². The van der Waals surface area contributed by atoms with Gasteiger partial charge in [0.25, 0.3) is 0 Å². The number of nitrogens with one attached hydrogen (secondary N) is 1. The maximum atomic E-state index is 12.6. The molecule has 0 unspecified atom stereocenters. The first-order valence-corrected chi connectivity index (χ1v) is 11.9. The summed E-state index contributed by atoms with van der Waals surface area (Å²) >= 11 is 1.31. The van der Waals surface area contributed by atoms with Gasteiger partial charge in [-0.2, -0.15) is 0 Å². The second kappa shape index (κ2) is 9.64. The summed E-state index contributed by atoms with van der Waals surface area (Å²) in [7, 11) is 0. The van der Waals surface area contributed by atoms with Crippen molar-refractivity contribution in [3.63, 3.8) is 0 Å². The average Bonchev–Trinajstić information content (AvgIpc) is 3.47. The van der Waals surface area contributed by atoms with Gasteiger partial charge in [0, 0.05) is 11.9 Å². The van der Waals surface area contributed by atoms with Crippen LogP contribution in [0.25, 0.3) is 11.0 Å². The number of ether oxygens (including phenoxy) is 2. The van der Waals surface area contributed by atoms with Crippen molar-refractivity contribution in [3.05, 3.63) is 78.8 Å². The molecule has 1 amide bonds. The molecule has 9 heteroatoms. The number of fused-ring (bicyclic) bond motifs is 2. The van der Waals surface area contributed by atoms with Crippen LogP contribution in [-0.2, 0) is 11.3 Å². The van der Waals surface area contributed by atoms with Crippen LogP contribution >= 0.6 is 11.8 Å². The van der Waals surface area contributed by atoms with Gasteiger partial charge in [-0.25, -0.2) is 0 Å². The molecule has 5 rings (SSSR count). The maximum absolute atomic E-state index is 12.6. The zero-order valence-electron chi connectivity index (χ0n) is 18.6. The molecule has 0 saturated heterocycles. The first-order chi connectivity index (χ1) is 16.6. The van der Waals surface area contributed by atoms with Gasteiger partial charge in [-0.1, -0.05) is 48.2 Å². The number of para-hydroxylation sites is 3. The van der Waals surface area contributed by atoms with E-state index in [9.17, 15) is 4.79 Å². The Labute approximate surface area is 200 Å². The lowest BCUT2D eigenvalue weighted by Gasteiger charge is -2.26. The van der Waals surface area contributed by atoms with E-state index in [1.165, 1.54) is 11.8 Å². The lowest BCUT2D eigenvalue weighted by atomic mass is 10.2. The van der Waals surface area contributed by atoms with Gasteiger partial charge >= 0.3 is 0 Å². The van der Waals surface area contributed by atoms with E-state index >= 15 is 0 Å². The number of carbonyl (C=O) groups excluding carboxylic acids is 1. The fourth-order valence-electron chi connectivity index (χ4n) is 3.79. The van der Waals surface area contributed by atoms with Crippen molar-refractivity contribution in [2.45, 2.75) is 30.8 Å². The number of carbonyl (C=O) groups is 1. The van der Waals surface area contributed by atoms with Gasteiger partial charge in [0.15, 0.2) is 28.6 Å². The van der Waals surface area contributed by atoms with E-state index in [2.05, 4.69) is 22.1 Å².